The van der Waals surface area contributed by atoms with Gasteiger partial charge in [-0.15, -0.1) is 0 Å². The van der Waals surface area contributed by atoms with Gasteiger partial charge in [-0.25, -0.2) is 9.67 Å². The van der Waals surface area contributed by atoms with E-state index in [1.807, 2.05) is 18.5 Å². The van der Waals surface area contributed by atoms with Crippen LogP contribution in [0.4, 0.5) is 0 Å². The summed E-state index contributed by atoms with van der Waals surface area (Å²) < 4.78 is 4.28. The number of para-hydroxylation sites is 1. The van der Waals surface area contributed by atoms with Gasteiger partial charge in [0, 0.05) is 29.6 Å². The lowest BCUT2D eigenvalue weighted by Gasteiger charge is -2.26. The van der Waals surface area contributed by atoms with Crippen molar-refractivity contribution in [1.29, 1.82) is 0 Å². The number of imidazole rings is 1. The Balaban J connectivity index is 1.65. The number of fused-ring (bicyclic) bond motifs is 1. The van der Waals surface area contributed by atoms with Crippen molar-refractivity contribution in [2.45, 2.75) is 63.2 Å². The highest BCUT2D eigenvalue weighted by molar-refractivity contribution is 5.42. The minimum atomic E-state index is 0.439. The van der Waals surface area contributed by atoms with Crippen molar-refractivity contribution >= 4 is 0 Å². The summed E-state index contributed by atoms with van der Waals surface area (Å²) in [5, 5.41) is 5.22. The van der Waals surface area contributed by atoms with E-state index in [9.17, 15) is 0 Å². The molecule has 2 aromatic heterocycles. The van der Waals surface area contributed by atoms with Gasteiger partial charge in [-0.3, -0.25) is 4.57 Å². The topological polar surface area (TPSA) is 61.7 Å². The van der Waals surface area contributed by atoms with Crippen LogP contribution in [0.2, 0.25) is 0 Å². The molecule has 5 rings (SSSR count). The van der Waals surface area contributed by atoms with E-state index in [0.717, 1.165) is 18.1 Å². The van der Waals surface area contributed by atoms with Crippen LogP contribution in [0.25, 0.3) is 11.6 Å². The molecular formula is C23H29N5. The number of nitrogens with two attached hydrogens (primary N) is 1. The average molecular weight is 376 g/mol. The quantitative estimate of drug-likeness (QED) is 0.731. The van der Waals surface area contributed by atoms with Crippen molar-refractivity contribution < 1.29 is 0 Å². The van der Waals surface area contributed by atoms with Crippen LogP contribution in [0, 0.1) is 0 Å². The van der Waals surface area contributed by atoms with Gasteiger partial charge in [0.15, 0.2) is 0 Å². The molecule has 0 saturated heterocycles. The van der Waals surface area contributed by atoms with Crippen molar-refractivity contribution in [3.8, 4) is 11.6 Å². The molecule has 28 heavy (non-hydrogen) atoms. The SMILES string of the molecule is NCC1CCCc2c1c(C1CCCCC1)nn2-c1nccn1-c1ccccc1. The third-order valence-electron chi connectivity index (χ3n) is 6.55. The van der Waals surface area contributed by atoms with Gasteiger partial charge in [0.25, 0.3) is 0 Å². The molecule has 0 aliphatic heterocycles. The Hall–Kier alpha value is -2.40. The first-order valence-electron chi connectivity index (χ1n) is 10.8. The number of nitrogens with zero attached hydrogens (tertiary/aromatic N) is 4. The minimum Gasteiger partial charge on any atom is -0.330 e. The van der Waals surface area contributed by atoms with Crippen LogP contribution in [0.5, 0.6) is 0 Å². The Morgan fingerprint density at radius 3 is 2.61 bits per heavy atom. The number of aromatic nitrogens is 4. The Kier molecular flexibility index (Phi) is 4.77. The van der Waals surface area contributed by atoms with Gasteiger partial charge >= 0.3 is 0 Å². The summed E-state index contributed by atoms with van der Waals surface area (Å²) in [6, 6.07) is 10.4. The Labute approximate surface area is 166 Å². The van der Waals surface area contributed by atoms with E-state index in [1.54, 1.807) is 0 Å². The lowest BCUT2D eigenvalue weighted by Crippen LogP contribution is -2.21. The van der Waals surface area contributed by atoms with Gasteiger partial charge in [0.2, 0.25) is 5.95 Å². The fourth-order valence-electron chi connectivity index (χ4n) is 5.15. The highest BCUT2D eigenvalue weighted by Crippen LogP contribution is 2.41. The number of hydrogen-bond donors (Lipinski definition) is 1. The van der Waals surface area contributed by atoms with E-state index in [0.29, 0.717) is 18.4 Å². The summed E-state index contributed by atoms with van der Waals surface area (Å²) in [5.74, 6) is 1.91. The molecule has 1 saturated carbocycles. The molecule has 0 bridgehead atoms. The van der Waals surface area contributed by atoms with Crippen LogP contribution in [0.15, 0.2) is 42.7 Å². The first-order valence-corrected chi connectivity index (χ1v) is 10.8. The molecule has 2 aliphatic rings. The third kappa shape index (κ3) is 2.98. The second-order valence-corrected chi connectivity index (χ2v) is 8.25. The molecule has 2 heterocycles. The zero-order valence-electron chi connectivity index (χ0n) is 16.4. The molecule has 2 N–H and O–H groups in total. The molecule has 1 fully saturated rings. The largest absolute Gasteiger partial charge is 0.330 e. The summed E-state index contributed by atoms with van der Waals surface area (Å²) >= 11 is 0. The molecule has 1 atom stereocenters. The van der Waals surface area contributed by atoms with E-state index < -0.39 is 0 Å². The summed E-state index contributed by atoms with van der Waals surface area (Å²) in [7, 11) is 0. The number of hydrogen-bond acceptors (Lipinski definition) is 3. The lowest BCUT2D eigenvalue weighted by molar-refractivity contribution is 0.429. The second-order valence-electron chi connectivity index (χ2n) is 8.25. The van der Waals surface area contributed by atoms with Crippen molar-refractivity contribution in [1.82, 2.24) is 19.3 Å². The highest BCUT2D eigenvalue weighted by Gasteiger charge is 2.33. The molecule has 146 valence electrons. The molecular weight excluding hydrogens is 346 g/mol. The first kappa shape index (κ1) is 17.7. The van der Waals surface area contributed by atoms with Gasteiger partial charge in [-0.05, 0) is 56.7 Å². The number of rotatable bonds is 4. The van der Waals surface area contributed by atoms with Crippen molar-refractivity contribution in [2.75, 3.05) is 6.54 Å². The first-order chi connectivity index (χ1) is 13.9. The Bertz CT molecular complexity index is 933. The van der Waals surface area contributed by atoms with Gasteiger partial charge in [-0.2, -0.15) is 5.10 Å². The molecule has 1 unspecified atom stereocenters. The van der Waals surface area contributed by atoms with Gasteiger partial charge in [0.05, 0.1) is 11.4 Å². The molecule has 0 amide bonds. The lowest BCUT2D eigenvalue weighted by atomic mass is 9.79. The normalized spacial score (nSPS) is 20.2. The molecule has 0 spiro atoms. The summed E-state index contributed by atoms with van der Waals surface area (Å²) in [5.41, 5.74) is 11.4. The maximum atomic E-state index is 6.21. The molecule has 3 aromatic rings. The fourth-order valence-corrected chi connectivity index (χ4v) is 5.15. The van der Waals surface area contributed by atoms with Crippen molar-refractivity contribution in [3.63, 3.8) is 0 Å². The van der Waals surface area contributed by atoms with Crippen LogP contribution in [0.1, 0.15) is 73.7 Å². The van der Waals surface area contributed by atoms with Gasteiger partial charge in [-0.1, -0.05) is 37.5 Å². The number of benzene rings is 1. The summed E-state index contributed by atoms with van der Waals surface area (Å²) in [6.07, 6.45) is 13.8. The van der Waals surface area contributed by atoms with Crippen molar-refractivity contribution in [2.24, 2.45) is 5.73 Å². The molecule has 1 aromatic carbocycles. The molecule has 5 nitrogen and oxygen atoms in total. The van der Waals surface area contributed by atoms with E-state index in [1.165, 1.54) is 61.9 Å². The van der Waals surface area contributed by atoms with Gasteiger partial charge < -0.3 is 5.73 Å². The Morgan fingerprint density at radius 2 is 1.82 bits per heavy atom. The standard InChI is InChI=1S/C23H29N5/c24-16-18-10-7-13-20-21(18)22(17-8-3-1-4-9-17)26-28(20)23-25-14-15-27(23)19-11-5-2-6-12-19/h2,5-6,11-12,14-15,17-18H,1,3-4,7-10,13,16,24H2. The summed E-state index contributed by atoms with van der Waals surface area (Å²) in [4.78, 5) is 4.71. The molecule has 0 radical (unpaired) electrons. The predicted octanol–water partition coefficient (Wildman–Crippen LogP) is 4.48. The summed E-state index contributed by atoms with van der Waals surface area (Å²) in [6.45, 7) is 0.714. The van der Waals surface area contributed by atoms with E-state index in [4.69, 9.17) is 15.8 Å². The van der Waals surface area contributed by atoms with E-state index >= 15 is 0 Å². The maximum Gasteiger partial charge on any atom is 0.235 e. The fraction of sp³-hybridized carbons (Fsp3) is 0.478. The minimum absolute atomic E-state index is 0.439. The third-order valence-corrected chi connectivity index (χ3v) is 6.55. The van der Waals surface area contributed by atoms with Crippen molar-refractivity contribution in [3.05, 3.63) is 59.7 Å². The van der Waals surface area contributed by atoms with Crippen LogP contribution in [0.3, 0.4) is 0 Å². The van der Waals surface area contributed by atoms with Gasteiger partial charge in [0.1, 0.15) is 0 Å². The average Bonchev–Trinajstić information content (AvgIpc) is 3.39. The van der Waals surface area contributed by atoms with E-state index in [-0.39, 0.29) is 0 Å². The van der Waals surface area contributed by atoms with E-state index in [2.05, 4.69) is 33.5 Å². The van der Waals surface area contributed by atoms with Crippen LogP contribution in [-0.2, 0) is 6.42 Å². The van der Waals surface area contributed by atoms with Crippen LogP contribution in [-0.4, -0.2) is 25.9 Å². The van der Waals surface area contributed by atoms with Crippen LogP contribution >= 0.6 is 0 Å². The maximum absolute atomic E-state index is 6.21. The molecule has 5 heteroatoms. The predicted molar refractivity (Wildman–Crippen MR) is 111 cm³/mol. The zero-order valence-corrected chi connectivity index (χ0v) is 16.4. The smallest absolute Gasteiger partial charge is 0.235 e. The second kappa shape index (κ2) is 7.55. The molecule has 2 aliphatic carbocycles. The Morgan fingerprint density at radius 1 is 1.00 bits per heavy atom. The highest BCUT2D eigenvalue weighted by atomic mass is 15.4. The zero-order chi connectivity index (χ0) is 18.9. The monoisotopic (exact) mass is 375 g/mol. The van der Waals surface area contributed by atoms with Crippen LogP contribution < -0.4 is 5.73 Å².